The van der Waals surface area contributed by atoms with E-state index >= 15 is 0 Å². The van der Waals surface area contributed by atoms with Crippen LogP contribution in [0.1, 0.15) is 24.0 Å². The van der Waals surface area contributed by atoms with E-state index in [1.54, 1.807) is 7.11 Å². The van der Waals surface area contributed by atoms with Crippen LogP contribution in [0.15, 0.2) is 30.9 Å². The van der Waals surface area contributed by atoms with Crippen molar-refractivity contribution in [2.75, 3.05) is 13.7 Å². The molecule has 0 heterocycles. The Kier molecular flexibility index (Phi) is 3.90. The van der Waals surface area contributed by atoms with Crippen LogP contribution in [-0.4, -0.2) is 24.7 Å². The molecule has 4 heteroatoms. The third-order valence-electron chi connectivity index (χ3n) is 3.60. The Morgan fingerprint density at radius 3 is 3.11 bits per heavy atom. The van der Waals surface area contributed by atoms with Gasteiger partial charge in [-0.3, -0.25) is 4.79 Å². The van der Waals surface area contributed by atoms with Crippen molar-refractivity contribution in [3.63, 3.8) is 0 Å². The smallest absolute Gasteiger partial charge is 0.243 e. The molecule has 1 atom stereocenters. The number of ether oxygens (including phenoxy) is 1. The highest BCUT2D eigenvalue weighted by Crippen LogP contribution is 2.36. The van der Waals surface area contributed by atoms with Crippen molar-refractivity contribution >= 4 is 5.91 Å². The lowest BCUT2D eigenvalue weighted by Gasteiger charge is -2.34. The molecule has 19 heavy (non-hydrogen) atoms. The lowest BCUT2D eigenvalue weighted by atomic mass is 9.79. The van der Waals surface area contributed by atoms with Crippen LogP contribution < -0.4 is 10.1 Å². The summed E-state index contributed by atoms with van der Waals surface area (Å²) in [6, 6.07) is 5.73. The zero-order valence-corrected chi connectivity index (χ0v) is 11.1. The van der Waals surface area contributed by atoms with Crippen LogP contribution in [-0.2, 0) is 16.8 Å². The molecule has 1 aliphatic rings. The fraction of sp³-hybridized carbons (Fsp3) is 0.400. The highest BCUT2D eigenvalue weighted by atomic mass is 16.5. The van der Waals surface area contributed by atoms with Gasteiger partial charge in [-0.25, -0.2) is 0 Å². The molecule has 0 bridgehead atoms. The minimum atomic E-state index is -1.03. The topological polar surface area (TPSA) is 58.6 Å². The van der Waals surface area contributed by atoms with Crippen LogP contribution in [0.3, 0.4) is 0 Å². The number of aryl methyl sites for hydroxylation is 1. The molecule has 2 rings (SSSR count). The Morgan fingerprint density at radius 1 is 1.63 bits per heavy atom. The van der Waals surface area contributed by atoms with E-state index in [0.29, 0.717) is 12.2 Å². The summed E-state index contributed by atoms with van der Waals surface area (Å²) in [5, 5.41) is 13.5. The zero-order valence-electron chi connectivity index (χ0n) is 11.1. The number of aliphatic hydroxyl groups is 1. The quantitative estimate of drug-likeness (QED) is 0.808. The van der Waals surface area contributed by atoms with Crippen molar-refractivity contribution < 1.29 is 14.6 Å². The Balaban J connectivity index is 2.28. The van der Waals surface area contributed by atoms with Gasteiger partial charge in [0.15, 0.2) is 0 Å². The molecule has 0 saturated carbocycles. The van der Waals surface area contributed by atoms with Crippen molar-refractivity contribution in [1.29, 1.82) is 0 Å². The fourth-order valence-corrected chi connectivity index (χ4v) is 2.53. The van der Waals surface area contributed by atoms with Gasteiger partial charge in [0.05, 0.1) is 13.7 Å². The number of rotatable bonds is 4. The van der Waals surface area contributed by atoms with Gasteiger partial charge in [-0.2, -0.15) is 0 Å². The van der Waals surface area contributed by atoms with Gasteiger partial charge in [0.25, 0.3) is 0 Å². The Morgan fingerprint density at radius 2 is 2.42 bits per heavy atom. The standard InChI is InChI=1S/C15H19NO3/c1-3-14(17)16-10-15(18)8-4-5-11-6-7-12(19-2)9-13(11)15/h3,6-7,9,18H,1,4-5,8,10H2,2H3,(H,16,17). The Labute approximate surface area is 113 Å². The molecule has 1 aromatic carbocycles. The zero-order chi connectivity index (χ0) is 13.9. The van der Waals surface area contributed by atoms with Crippen LogP contribution in [0.2, 0.25) is 0 Å². The Bertz CT molecular complexity index is 498. The first-order chi connectivity index (χ1) is 9.09. The monoisotopic (exact) mass is 261 g/mol. The molecule has 0 spiro atoms. The van der Waals surface area contributed by atoms with Crippen molar-refractivity contribution in [1.82, 2.24) is 5.32 Å². The van der Waals surface area contributed by atoms with Gasteiger partial charge in [0.1, 0.15) is 11.4 Å². The molecule has 0 radical (unpaired) electrons. The second-order valence-electron chi connectivity index (χ2n) is 4.83. The maximum atomic E-state index is 11.3. The van der Waals surface area contributed by atoms with Gasteiger partial charge in [-0.15, -0.1) is 0 Å². The maximum Gasteiger partial charge on any atom is 0.243 e. The summed E-state index contributed by atoms with van der Waals surface area (Å²) in [5.41, 5.74) is 0.936. The molecule has 1 amide bonds. The third-order valence-corrected chi connectivity index (χ3v) is 3.60. The maximum absolute atomic E-state index is 11.3. The van der Waals surface area contributed by atoms with E-state index in [9.17, 15) is 9.90 Å². The number of carbonyl (C=O) groups excluding carboxylic acids is 1. The molecule has 4 nitrogen and oxygen atoms in total. The summed E-state index contributed by atoms with van der Waals surface area (Å²) in [6.07, 6.45) is 3.68. The molecular weight excluding hydrogens is 242 g/mol. The van der Waals surface area contributed by atoms with Gasteiger partial charge in [0.2, 0.25) is 5.91 Å². The number of carbonyl (C=O) groups is 1. The van der Waals surface area contributed by atoms with Gasteiger partial charge in [-0.1, -0.05) is 12.6 Å². The average molecular weight is 261 g/mol. The van der Waals surface area contributed by atoms with Crippen molar-refractivity contribution in [3.8, 4) is 5.75 Å². The average Bonchev–Trinajstić information content (AvgIpc) is 2.45. The molecule has 1 aromatic rings. The second kappa shape index (κ2) is 5.45. The van der Waals surface area contributed by atoms with E-state index in [-0.39, 0.29) is 12.5 Å². The van der Waals surface area contributed by atoms with E-state index in [1.807, 2.05) is 18.2 Å². The molecular formula is C15H19NO3. The number of methoxy groups -OCH3 is 1. The van der Waals surface area contributed by atoms with Crippen LogP contribution in [0.4, 0.5) is 0 Å². The minimum Gasteiger partial charge on any atom is -0.497 e. The highest BCUT2D eigenvalue weighted by molar-refractivity contribution is 5.86. The molecule has 0 aromatic heterocycles. The molecule has 0 fully saturated rings. The van der Waals surface area contributed by atoms with E-state index < -0.39 is 5.60 Å². The third kappa shape index (κ3) is 2.79. The lowest BCUT2D eigenvalue weighted by molar-refractivity contribution is -0.118. The summed E-state index contributed by atoms with van der Waals surface area (Å²) < 4.78 is 5.21. The predicted molar refractivity (Wildman–Crippen MR) is 73.0 cm³/mol. The SMILES string of the molecule is C=CC(=O)NCC1(O)CCCc2ccc(OC)cc21. The van der Waals surface area contributed by atoms with Crippen LogP contribution in [0.25, 0.3) is 0 Å². The van der Waals surface area contributed by atoms with Crippen LogP contribution in [0.5, 0.6) is 5.75 Å². The molecule has 1 aliphatic carbocycles. The summed E-state index contributed by atoms with van der Waals surface area (Å²) in [7, 11) is 1.60. The number of nitrogens with one attached hydrogen (secondary N) is 1. The molecule has 0 saturated heterocycles. The summed E-state index contributed by atoms with van der Waals surface area (Å²) >= 11 is 0. The first kappa shape index (κ1) is 13.6. The van der Waals surface area contributed by atoms with Gasteiger partial charge < -0.3 is 15.2 Å². The van der Waals surface area contributed by atoms with E-state index in [2.05, 4.69) is 11.9 Å². The normalized spacial score (nSPS) is 21.4. The van der Waals surface area contributed by atoms with Crippen molar-refractivity contribution in [3.05, 3.63) is 42.0 Å². The lowest BCUT2D eigenvalue weighted by Crippen LogP contribution is -2.42. The molecule has 0 aliphatic heterocycles. The summed E-state index contributed by atoms with van der Waals surface area (Å²) in [5.74, 6) is 0.442. The van der Waals surface area contributed by atoms with Crippen LogP contribution in [0, 0.1) is 0 Å². The van der Waals surface area contributed by atoms with Gasteiger partial charge in [-0.05, 0) is 48.6 Å². The van der Waals surface area contributed by atoms with Crippen molar-refractivity contribution in [2.45, 2.75) is 24.9 Å². The number of amides is 1. The molecule has 2 N–H and O–H groups in total. The predicted octanol–water partition coefficient (Wildman–Crippen LogP) is 1.52. The van der Waals surface area contributed by atoms with E-state index in [4.69, 9.17) is 4.74 Å². The summed E-state index contributed by atoms with van der Waals surface area (Å²) in [6.45, 7) is 3.60. The van der Waals surface area contributed by atoms with E-state index in [0.717, 1.165) is 24.0 Å². The second-order valence-corrected chi connectivity index (χ2v) is 4.83. The first-order valence-corrected chi connectivity index (χ1v) is 6.39. The van der Waals surface area contributed by atoms with Crippen LogP contribution >= 0.6 is 0 Å². The van der Waals surface area contributed by atoms with E-state index in [1.165, 1.54) is 6.08 Å². The summed E-state index contributed by atoms with van der Waals surface area (Å²) in [4.78, 5) is 11.3. The number of hydrogen-bond donors (Lipinski definition) is 2. The van der Waals surface area contributed by atoms with Crippen molar-refractivity contribution in [2.24, 2.45) is 0 Å². The molecule has 1 unspecified atom stereocenters. The highest BCUT2D eigenvalue weighted by Gasteiger charge is 2.34. The minimum absolute atomic E-state index is 0.192. The fourth-order valence-electron chi connectivity index (χ4n) is 2.53. The Hall–Kier alpha value is -1.81. The number of fused-ring (bicyclic) bond motifs is 1. The van der Waals surface area contributed by atoms with Gasteiger partial charge in [0, 0.05) is 0 Å². The number of benzene rings is 1. The first-order valence-electron chi connectivity index (χ1n) is 6.39. The van der Waals surface area contributed by atoms with Gasteiger partial charge >= 0.3 is 0 Å². The largest absolute Gasteiger partial charge is 0.497 e. The molecule has 102 valence electrons. The number of hydrogen-bond acceptors (Lipinski definition) is 3.